The summed E-state index contributed by atoms with van der Waals surface area (Å²) in [5.41, 5.74) is 1.06. The fourth-order valence-electron chi connectivity index (χ4n) is 1.41. The fraction of sp³-hybridized carbons (Fsp3) is 0. The van der Waals surface area contributed by atoms with Gasteiger partial charge in [0.15, 0.2) is 0 Å². The van der Waals surface area contributed by atoms with Crippen molar-refractivity contribution >= 4 is 39.1 Å². The molecule has 0 spiro atoms. The summed E-state index contributed by atoms with van der Waals surface area (Å²) < 4.78 is 0.795. The molecule has 0 bridgehead atoms. The zero-order chi connectivity index (χ0) is 13.1. The SMILES string of the molecule is O=C(Nc1ccccc1Br)c1ccc(O)c(Cl)c1. The average Bonchev–Trinajstić information content (AvgIpc) is 2.35. The Hall–Kier alpha value is -1.52. The van der Waals surface area contributed by atoms with Gasteiger partial charge in [-0.3, -0.25) is 4.79 Å². The summed E-state index contributed by atoms with van der Waals surface area (Å²) in [5, 5.41) is 12.2. The Kier molecular flexibility index (Phi) is 3.89. The van der Waals surface area contributed by atoms with Crippen molar-refractivity contribution in [2.75, 3.05) is 5.32 Å². The van der Waals surface area contributed by atoms with Crippen LogP contribution in [0.3, 0.4) is 0 Å². The van der Waals surface area contributed by atoms with Crippen molar-refractivity contribution in [3.8, 4) is 5.75 Å². The van der Waals surface area contributed by atoms with Crippen molar-refractivity contribution in [2.24, 2.45) is 0 Å². The van der Waals surface area contributed by atoms with Gasteiger partial charge >= 0.3 is 0 Å². The first kappa shape index (κ1) is 12.9. The number of carbonyl (C=O) groups excluding carboxylic acids is 1. The van der Waals surface area contributed by atoms with Crippen LogP contribution in [-0.4, -0.2) is 11.0 Å². The van der Waals surface area contributed by atoms with Crippen LogP contribution in [-0.2, 0) is 0 Å². The third-order valence-corrected chi connectivity index (χ3v) is 3.33. The third-order valence-electron chi connectivity index (χ3n) is 2.33. The van der Waals surface area contributed by atoms with E-state index >= 15 is 0 Å². The average molecular weight is 327 g/mol. The molecule has 0 aromatic heterocycles. The lowest BCUT2D eigenvalue weighted by Crippen LogP contribution is -2.12. The molecule has 18 heavy (non-hydrogen) atoms. The van der Waals surface area contributed by atoms with Gasteiger partial charge in [0.05, 0.1) is 10.7 Å². The number of para-hydroxylation sites is 1. The minimum atomic E-state index is -0.288. The molecule has 5 heteroatoms. The van der Waals surface area contributed by atoms with Gasteiger partial charge in [-0.1, -0.05) is 23.7 Å². The van der Waals surface area contributed by atoms with E-state index in [9.17, 15) is 9.90 Å². The van der Waals surface area contributed by atoms with E-state index in [0.29, 0.717) is 11.3 Å². The van der Waals surface area contributed by atoms with Crippen LogP contribution in [0, 0.1) is 0 Å². The predicted octanol–water partition coefficient (Wildman–Crippen LogP) is 4.06. The maximum atomic E-state index is 12.0. The van der Waals surface area contributed by atoms with Gasteiger partial charge in [-0.05, 0) is 46.3 Å². The first-order valence-corrected chi connectivity index (χ1v) is 6.29. The van der Waals surface area contributed by atoms with Crippen LogP contribution in [0.4, 0.5) is 5.69 Å². The molecule has 0 saturated carbocycles. The maximum absolute atomic E-state index is 12.0. The van der Waals surface area contributed by atoms with E-state index in [1.165, 1.54) is 18.2 Å². The van der Waals surface area contributed by atoms with Crippen LogP contribution < -0.4 is 5.32 Å². The highest BCUT2D eigenvalue weighted by molar-refractivity contribution is 9.10. The Morgan fingerprint density at radius 2 is 1.94 bits per heavy atom. The number of hydrogen-bond acceptors (Lipinski definition) is 2. The largest absolute Gasteiger partial charge is 0.506 e. The Labute approximate surface area is 118 Å². The van der Waals surface area contributed by atoms with Crippen LogP contribution in [0.1, 0.15) is 10.4 Å². The molecule has 92 valence electrons. The number of nitrogens with one attached hydrogen (secondary N) is 1. The Morgan fingerprint density at radius 3 is 2.61 bits per heavy atom. The van der Waals surface area contributed by atoms with Crippen LogP contribution >= 0.6 is 27.5 Å². The van der Waals surface area contributed by atoms with Gasteiger partial charge in [0.25, 0.3) is 5.91 Å². The monoisotopic (exact) mass is 325 g/mol. The van der Waals surface area contributed by atoms with Crippen LogP contribution in [0.5, 0.6) is 5.75 Å². The normalized spacial score (nSPS) is 10.1. The molecule has 2 rings (SSSR count). The summed E-state index contributed by atoms with van der Waals surface area (Å²) in [6.45, 7) is 0. The van der Waals surface area contributed by atoms with Gasteiger partial charge in [-0.25, -0.2) is 0 Å². The van der Waals surface area contributed by atoms with E-state index in [2.05, 4.69) is 21.2 Å². The summed E-state index contributed by atoms with van der Waals surface area (Å²) in [4.78, 5) is 12.0. The summed E-state index contributed by atoms with van der Waals surface area (Å²) in [7, 11) is 0. The zero-order valence-corrected chi connectivity index (χ0v) is 11.5. The zero-order valence-electron chi connectivity index (χ0n) is 9.15. The molecule has 0 unspecified atom stereocenters. The van der Waals surface area contributed by atoms with Gasteiger partial charge in [-0.2, -0.15) is 0 Å². The lowest BCUT2D eigenvalue weighted by atomic mass is 10.2. The van der Waals surface area contributed by atoms with Crippen LogP contribution in [0.2, 0.25) is 5.02 Å². The Balaban J connectivity index is 2.22. The fourth-order valence-corrected chi connectivity index (χ4v) is 1.97. The number of carbonyl (C=O) groups is 1. The molecule has 1 amide bonds. The number of amides is 1. The highest BCUT2D eigenvalue weighted by Gasteiger charge is 2.09. The number of rotatable bonds is 2. The molecule has 0 heterocycles. The minimum absolute atomic E-state index is 0.0471. The lowest BCUT2D eigenvalue weighted by molar-refractivity contribution is 0.102. The first-order chi connectivity index (χ1) is 8.58. The number of phenols is 1. The quantitative estimate of drug-likeness (QED) is 0.874. The highest BCUT2D eigenvalue weighted by Crippen LogP contribution is 2.25. The second-order valence-corrected chi connectivity index (χ2v) is 4.86. The summed E-state index contributed by atoms with van der Waals surface area (Å²) >= 11 is 9.10. The van der Waals surface area contributed by atoms with Gasteiger partial charge < -0.3 is 10.4 Å². The molecule has 0 saturated heterocycles. The Bertz CT molecular complexity index is 601. The van der Waals surface area contributed by atoms with Gasteiger partial charge in [0.2, 0.25) is 0 Å². The molecular formula is C13H9BrClNO2. The van der Waals surface area contributed by atoms with E-state index in [0.717, 1.165) is 4.47 Å². The van der Waals surface area contributed by atoms with Gasteiger partial charge in [0, 0.05) is 10.0 Å². The molecule has 0 aliphatic rings. The minimum Gasteiger partial charge on any atom is -0.506 e. The second kappa shape index (κ2) is 5.42. The van der Waals surface area contributed by atoms with E-state index < -0.39 is 0 Å². The molecule has 3 nitrogen and oxygen atoms in total. The smallest absolute Gasteiger partial charge is 0.255 e. The molecule has 2 aromatic rings. The number of aromatic hydroxyl groups is 1. The first-order valence-electron chi connectivity index (χ1n) is 5.12. The second-order valence-electron chi connectivity index (χ2n) is 3.60. The predicted molar refractivity (Wildman–Crippen MR) is 75.2 cm³/mol. The van der Waals surface area contributed by atoms with Gasteiger partial charge in [-0.15, -0.1) is 0 Å². The molecule has 2 aromatic carbocycles. The van der Waals surface area contributed by atoms with Crippen molar-refractivity contribution in [1.82, 2.24) is 0 Å². The van der Waals surface area contributed by atoms with Crippen LogP contribution in [0.15, 0.2) is 46.9 Å². The number of anilines is 1. The van der Waals surface area contributed by atoms with Crippen molar-refractivity contribution in [2.45, 2.75) is 0 Å². The summed E-state index contributed by atoms with van der Waals surface area (Å²) in [6, 6.07) is 11.6. The maximum Gasteiger partial charge on any atom is 0.255 e. The van der Waals surface area contributed by atoms with Crippen molar-refractivity contribution in [3.05, 3.63) is 57.5 Å². The third kappa shape index (κ3) is 2.83. The molecule has 2 N–H and O–H groups in total. The van der Waals surface area contributed by atoms with Crippen LogP contribution in [0.25, 0.3) is 0 Å². The molecule has 0 aliphatic heterocycles. The van der Waals surface area contributed by atoms with E-state index in [4.69, 9.17) is 11.6 Å². The van der Waals surface area contributed by atoms with E-state index in [-0.39, 0.29) is 16.7 Å². The van der Waals surface area contributed by atoms with Crippen molar-refractivity contribution in [3.63, 3.8) is 0 Å². The standard InChI is InChI=1S/C13H9BrClNO2/c14-9-3-1-2-4-11(9)16-13(18)8-5-6-12(17)10(15)7-8/h1-7,17H,(H,16,18). The van der Waals surface area contributed by atoms with E-state index in [1.54, 1.807) is 6.07 Å². The molecule has 0 fully saturated rings. The number of hydrogen-bond donors (Lipinski definition) is 2. The Morgan fingerprint density at radius 1 is 1.22 bits per heavy atom. The highest BCUT2D eigenvalue weighted by atomic mass is 79.9. The summed E-state index contributed by atoms with van der Waals surface area (Å²) in [6.07, 6.45) is 0. The topological polar surface area (TPSA) is 49.3 Å². The number of phenolic OH excluding ortho intramolecular Hbond substituents is 1. The molecular weight excluding hydrogens is 318 g/mol. The lowest BCUT2D eigenvalue weighted by Gasteiger charge is -2.07. The molecule has 0 aliphatic carbocycles. The van der Waals surface area contributed by atoms with Gasteiger partial charge in [0.1, 0.15) is 5.75 Å². The molecule has 0 atom stereocenters. The van der Waals surface area contributed by atoms with Crippen molar-refractivity contribution < 1.29 is 9.90 Å². The number of halogens is 2. The van der Waals surface area contributed by atoms with Crippen molar-refractivity contribution in [1.29, 1.82) is 0 Å². The summed E-state index contributed by atoms with van der Waals surface area (Å²) in [5.74, 6) is -0.335. The number of benzene rings is 2. The van der Waals surface area contributed by atoms with E-state index in [1.807, 2.05) is 18.2 Å². The molecule has 0 radical (unpaired) electrons.